The summed E-state index contributed by atoms with van der Waals surface area (Å²) in [6, 6.07) is 8.93. The summed E-state index contributed by atoms with van der Waals surface area (Å²) >= 11 is 0. The van der Waals surface area contributed by atoms with Crippen molar-refractivity contribution in [1.82, 2.24) is 0 Å². The van der Waals surface area contributed by atoms with Crippen LogP contribution in [0.5, 0.6) is 0 Å². The van der Waals surface area contributed by atoms with Crippen LogP contribution in [0.1, 0.15) is 46.6 Å². The Balaban J connectivity index is 2.33. The number of nitrogens with zero attached hydrogens (tertiary/aromatic N) is 1. The van der Waals surface area contributed by atoms with E-state index in [2.05, 4.69) is 63.8 Å². The number of anilines is 1. The maximum absolute atomic E-state index is 2.60. The first-order valence-electron chi connectivity index (χ1n) is 7.22. The lowest BCUT2D eigenvalue weighted by Gasteiger charge is -2.39. The summed E-state index contributed by atoms with van der Waals surface area (Å²) in [5.74, 6) is 1.61. The molecule has 1 aliphatic rings. The van der Waals surface area contributed by atoms with Crippen LogP contribution in [0.25, 0.3) is 0 Å². The smallest absolute Gasteiger partial charge is 0.0404 e. The van der Waals surface area contributed by atoms with E-state index in [-0.39, 0.29) is 5.41 Å². The van der Waals surface area contributed by atoms with E-state index < -0.39 is 0 Å². The van der Waals surface area contributed by atoms with Gasteiger partial charge in [0.15, 0.2) is 0 Å². The standard InChI is InChI=1S/C17H27N/c1-13-10-14(2)12-18(11-13)16-9-7-6-8-15(16)17(3,4)5/h6-9,13-14H,10-12H2,1-5H3. The molecule has 0 bridgehead atoms. The van der Waals surface area contributed by atoms with Crippen molar-refractivity contribution in [3.63, 3.8) is 0 Å². The van der Waals surface area contributed by atoms with Gasteiger partial charge in [0.25, 0.3) is 0 Å². The number of benzene rings is 1. The highest BCUT2D eigenvalue weighted by Crippen LogP contribution is 2.34. The van der Waals surface area contributed by atoms with Gasteiger partial charge in [0.1, 0.15) is 0 Å². The molecule has 1 nitrogen and oxygen atoms in total. The Morgan fingerprint density at radius 2 is 1.56 bits per heavy atom. The van der Waals surface area contributed by atoms with E-state index in [1.165, 1.54) is 30.8 Å². The predicted octanol–water partition coefficient (Wildman–Crippen LogP) is 4.47. The zero-order valence-electron chi connectivity index (χ0n) is 12.5. The molecule has 1 aromatic rings. The number of hydrogen-bond acceptors (Lipinski definition) is 1. The summed E-state index contributed by atoms with van der Waals surface area (Å²) in [4.78, 5) is 2.60. The van der Waals surface area contributed by atoms with Gasteiger partial charge in [-0.1, -0.05) is 52.8 Å². The lowest BCUT2D eigenvalue weighted by atomic mass is 9.84. The lowest BCUT2D eigenvalue weighted by Crippen LogP contribution is -2.39. The molecule has 0 N–H and O–H groups in total. The largest absolute Gasteiger partial charge is 0.371 e. The molecule has 0 aliphatic carbocycles. The van der Waals surface area contributed by atoms with Crippen molar-refractivity contribution < 1.29 is 0 Å². The molecule has 100 valence electrons. The van der Waals surface area contributed by atoms with Crippen LogP contribution in [0.3, 0.4) is 0 Å². The minimum absolute atomic E-state index is 0.223. The van der Waals surface area contributed by atoms with E-state index >= 15 is 0 Å². The zero-order valence-corrected chi connectivity index (χ0v) is 12.5. The molecule has 2 atom stereocenters. The molecule has 1 heterocycles. The van der Waals surface area contributed by atoms with Crippen molar-refractivity contribution in [3.05, 3.63) is 29.8 Å². The molecular formula is C17H27N. The Kier molecular flexibility index (Phi) is 3.70. The third-order valence-electron chi connectivity index (χ3n) is 3.92. The first-order valence-corrected chi connectivity index (χ1v) is 7.22. The van der Waals surface area contributed by atoms with E-state index in [9.17, 15) is 0 Å². The molecule has 0 amide bonds. The average Bonchev–Trinajstić information content (AvgIpc) is 2.26. The molecule has 1 aliphatic heterocycles. The van der Waals surface area contributed by atoms with Gasteiger partial charge >= 0.3 is 0 Å². The van der Waals surface area contributed by atoms with Gasteiger partial charge in [-0.25, -0.2) is 0 Å². The number of rotatable bonds is 1. The Morgan fingerprint density at radius 3 is 2.11 bits per heavy atom. The molecule has 1 saturated heterocycles. The zero-order chi connectivity index (χ0) is 13.3. The lowest BCUT2D eigenvalue weighted by molar-refractivity contribution is 0.355. The SMILES string of the molecule is CC1CC(C)CN(c2ccccc2C(C)(C)C)C1. The normalized spacial score (nSPS) is 25.3. The van der Waals surface area contributed by atoms with Gasteiger partial charge < -0.3 is 4.90 Å². The topological polar surface area (TPSA) is 3.24 Å². The van der Waals surface area contributed by atoms with Crippen LogP contribution in [0.4, 0.5) is 5.69 Å². The van der Waals surface area contributed by atoms with Crippen molar-refractivity contribution in [1.29, 1.82) is 0 Å². The predicted molar refractivity (Wildman–Crippen MR) is 80.3 cm³/mol. The summed E-state index contributed by atoms with van der Waals surface area (Å²) in [7, 11) is 0. The van der Waals surface area contributed by atoms with Gasteiger partial charge in [-0.2, -0.15) is 0 Å². The minimum atomic E-state index is 0.223. The second kappa shape index (κ2) is 4.95. The van der Waals surface area contributed by atoms with Gasteiger partial charge in [0.2, 0.25) is 0 Å². The van der Waals surface area contributed by atoms with E-state index in [1.807, 2.05) is 0 Å². The molecule has 18 heavy (non-hydrogen) atoms. The van der Waals surface area contributed by atoms with E-state index in [1.54, 1.807) is 0 Å². The molecule has 1 aromatic carbocycles. The Hall–Kier alpha value is -0.980. The Labute approximate surface area is 112 Å². The molecule has 2 rings (SSSR count). The summed E-state index contributed by atoms with van der Waals surface area (Å²) in [5, 5.41) is 0. The molecule has 1 fully saturated rings. The fraction of sp³-hybridized carbons (Fsp3) is 0.647. The highest BCUT2D eigenvalue weighted by molar-refractivity contribution is 5.56. The van der Waals surface area contributed by atoms with Crippen LogP contribution in [0.2, 0.25) is 0 Å². The van der Waals surface area contributed by atoms with Crippen molar-refractivity contribution >= 4 is 5.69 Å². The average molecular weight is 245 g/mol. The van der Waals surface area contributed by atoms with Crippen LogP contribution in [-0.2, 0) is 5.41 Å². The molecule has 0 radical (unpaired) electrons. The van der Waals surface area contributed by atoms with Gasteiger partial charge in [-0.3, -0.25) is 0 Å². The molecule has 1 heteroatoms. The van der Waals surface area contributed by atoms with Crippen molar-refractivity contribution in [2.45, 2.75) is 46.5 Å². The van der Waals surface area contributed by atoms with Crippen LogP contribution in [-0.4, -0.2) is 13.1 Å². The third kappa shape index (κ3) is 2.88. The highest BCUT2D eigenvalue weighted by atomic mass is 15.1. The monoisotopic (exact) mass is 245 g/mol. The number of hydrogen-bond donors (Lipinski definition) is 0. The third-order valence-corrected chi connectivity index (χ3v) is 3.92. The summed E-state index contributed by atoms with van der Waals surface area (Å²) < 4.78 is 0. The first kappa shape index (κ1) is 13.5. The van der Waals surface area contributed by atoms with Gasteiger partial charge in [-0.15, -0.1) is 0 Å². The van der Waals surface area contributed by atoms with Crippen molar-refractivity contribution in [2.24, 2.45) is 11.8 Å². The Bertz CT molecular complexity index is 392. The van der Waals surface area contributed by atoms with Gasteiger partial charge in [0, 0.05) is 18.8 Å². The second-order valence-electron chi connectivity index (χ2n) is 7.12. The summed E-state index contributed by atoms with van der Waals surface area (Å²) in [5.41, 5.74) is 3.15. The van der Waals surface area contributed by atoms with E-state index in [0.29, 0.717) is 0 Å². The fourth-order valence-corrected chi connectivity index (χ4v) is 3.24. The molecule has 2 unspecified atom stereocenters. The summed E-state index contributed by atoms with van der Waals surface area (Å²) in [6.45, 7) is 14.1. The van der Waals surface area contributed by atoms with Gasteiger partial charge in [-0.05, 0) is 35.3 Å². The Morgan fingerprint density at radius 1 is 1.00 bits per heavy atom. The molecule has 0 aromatic heterocycles. The molecule has 0 spiro atoms. The van der Waals surface area contributed by atoms with Gasteiger partial charge in [0.05, 0.1) is 0 Å². The fourth-order valence-electron chi connectivity index (χ4n) is 3.24. The van der Waals surface area contributed by atoms with Crippen molar-refractivity contribution in [3.8, 4) is 0 Å². The first-order chi connectivity index (χ1) is 8.38. The van der Waals surface area contributed by atoms with Crippen LogP contribution < -0.4 is 4.90 Å². The van der Waals surface area contributed by atoms with E-state index in [0.717, 1.165) is 11.8 Å². The van der Waals surface area contributed by atoms with Crippen LogP contribution in [0, 0.1) is 11.8 Å². The number of para-hydroxylation sites is 1. The molecule has 0 saturated carbocycles. The summed E-state index contributed by atoms with van der Waals surface area (Å²) in [6.07, 6.45) is 1.37. The van der Waals surface area contributed by atoms with Crippen LogP contribution >= 0.6 is 0 Å². The molecular weight excluding hydrogens is 218 g/mol. The second-order valence-corrected chi connectivity index (χ2v) is 7.12. The van der Waals surface area contributed by atoms with Crippen LogP contribution in [0.15, 0.2) is 24.3 Å². The number of piperidine rings is 1. The maximum Gasteiger partial charge on any atom is 0.0404 e. The van der Waals surface area contributed by atoms with Crippen molar-refractivity contribution in [2.75, 3.05) is 18.0 Å². The highest BCUT2D eigenvalue weighted by Gasteiger charge is 2.26. The maximum atomic E-state index is 2.60. The minimum Gasteiger partial charge on any atom is -0.371 e. The quantitative estimate of drug-likeness (QED) is 0.706. The van der Waals surface area contributed by atoms with E-state index in [4.69, 9.17) is 0 Å².